The van der Waals surface area contributed by atoms with E-state index in [0.717, 1.165) is 16.8 Å². The van der Waals surface area contributed by atoms with Crippen LogP contribution in [0, 0.1) is 5.82 Å². The number of nitrogens with zero attached hydrogens (tertiary/aromatic N) is 1. The lowest BCUT2D eigenvalue weighted by atomic mass is 10.1. The Balaban J connectivity index is 2.41. The molecule has 0 amide bonds. The van der Waals surface area contributed by atoms with Crippen LogP contribution in [0.3, 0.4) is 0 Å². The number of benzene rings is 1. The van der Waals surface area contributed by atoms with Crippen molar-refractivity contribution in [1.29, 1.82) is 0 Å². The molecule has 0 spiro atoms. The first-order valence-corrected chi connectivity index (χ1v) is 7.76. The van der Waals surface area contributed by atoms with E-state index in [4.69, 9.17) is 0 Å². The first kappa shape index (κ1) is 14.9. The van der Waals surface area contributed by atoms with Crippen molar-refractivity contribution in [2.75, 3.05) is 13.7 Å². The zero-order valence-corrected chi connectivity index (χ0v) is 11.9. The van der Waals surface area contributed by atoms with Crippen molar-refractivity contribution in [3.8, 4) is 0 Å². The summed E-state index contributed by atoms with van der Waals surface area (Å²) in [6.45, 7) is 0.191. The van der Waals surface area contributed by atoms with Crippen molar-refractivity contribution in [2.24, 2.45) is 0 Å². The van der Waals surface area contributed by atoms with Crippen molar-refractivity contribution in [2.45, 2.75) is 30.2 Å². The summed E-state index contributed by atoms with van der Waals surface area (Å²) in [5, 5.41) is 0. The molecule has 7 heteroatoms. The van der Waals surface area contributed by atoms with Crippen LogP contribution in [0.15, 0.2) is 29.2 Å². The highest BCUT2D eigenvalue weighted by Crippen LogP contribution is 2.27. The van der Waals surface area contributed by atoms with Crippen LogP contribution in [-0.2, 0) is 19.6 Å². The fourth-order valence-electron chi connectivity index (χ4n) is 2.34. The van der Waals surface area contributed by atoms with Crippen molar-refractivity contribution in [3.63, 3.8) is 0 Å². The zero-order valence-electron chi connectivity index (χ0n) is 11.1. The van der Waals surface area contributed by atoms with E-state index in [0.29, 0.717) is 12.8 Å². The van der Waals surface area contributed by atoms with Crippen LogP contribution < -0.4 is 0 Å². The fraction of sp³-hybridized carbons (Fsp3) is 0.462. The summed E-state index contributed by atoms with van der Waals surface area (Å²) in [6.07, 6.45) is 1.77. The molecule has 1 aliphatic heterocycles. The molecule has 1 fully saturated rings. The van der Waals surface area contributed by atoms with Gasteiger partial charge in [-0.3, -0.25) is 4.79 Å². The minimum Gasteiger partial charge on any atom is -0.468 e. The van der Waals surface area contributed by atoms with Gasteiger partial charge in [-0.15, -0.1) is 0 Å². The summed E-state index contributed by atoms with van der Waals surface area (Å²) in [6, 6.07) is 4.28. The van der Waals surface area contributed by atoms with Crippen molar-refractivity contribution < 1.29 is 22.3 Å². The number of sulfonamides is 1. The normalized spacial score (nSPS) is 20.6. The number of hydrogen-bond donors (Lipinski definition) is 0. The van der Waals surface area contributed by atoms with E-state index in [1.165, 1.54) is 25.3 Å². The molecule has 1 heterocycles. The number of halogens is 1. The Kier molecular flexibility index (Phi) is 4.39. The van der Waals surface area contributed by atoms with Gasteiger partial charge in [-0.1, -0.05) is 12.1 Å². The molecule has 0 unspecified atom stereocenters. The number of hydrogen-bond acceptors (Lipinski definition) is 4. The predicted octanol–water partition coefficient (Wildman–Crippen LogP) is 1.54. The minimum absolute atomic E-state index is 0.191. The van der Waals surface area contributed by atoms with Gasteiger partial charge in [0.1, 0.15) is 16.8 Å². The maximum absolute atomic E-state index is 13.7. The molecule has 1 aliphatic rings. The molecule has 1 aromatic rings. The first-order chi connectivity index (χ1) is 9.48. The number of piperidine rings is 1. The Morgan fingerprint density at radius 1 is 1.35 bits per heavy atom. The molecule has 1 atom stereocenters. The number of esters is 1. The topological polar surface area (TPSA) is 63.7 Å². The second-order valence-electron chi connectivity index (χ2n) is 4.58. The highest BCUT2D eigenvalue weighted by atomic mass is 32.2. The summed E-state index contributed by atoms with van der Waals surface area (Å²) in [4.78, 5) is 11.3. The van der Waals surface area contributed by atoms with Gasteiger partial charge in [0.05, 0.1) is 7.11 Å². The summed E-state index contributed by atoms with van der Waals surface area (Å²) in [7, 11) is -2.83. The summed E-state index contributed by atoms with van der Waals surface area (Å²) < 4.78 is 44.4. The van der Waals surface area contributed by atoms with E-state index < -0.39 is 32.7 Å². The number of methoxy groups -OCH3 is 1. The number of ether oxygens (including phenoxy) is 1. The Morgan fingerprint density at radius 3 is 2.70 bits per heavy atom. The van der Waals surface area contributed by atoms with E-state index in [-0.39, 0.29) is 6.54 Å². The van der Waals surface area contributed by atoms with E-state index >= 15 is 0 Å². The van der Waals surface area contributed by atoms with Crippen LogP contribution in [-0.4, -0.2) is 38.4 Å². The third-order valence-corrected chi connectivity index (χ3v) is 5.29. The molecule has 2 rings (SSSR count). The lowest BCUT2D eigenvalue weighted by Gasteiger charge is -2.32. The highest BCUT2D eigenvalue weighted by Gasteiger charge is 2.39. The second-order valence-corrected chi connectivity index (χ2v) is 6.44. The minimum atomic E-state index is -4.04. The maximum atomic E-state index is 13.7. The van der Waals surface area contributed by atoms with Gasteiger partial charge in [0.15, 0.2) is 0 Å². The molecule has 0 bridgehead atoms. The molecule has 1 saturated heterocycles. The van der Waals surface area contributed by atoms with E-state index in [9.17, 15) is 17.6 Å². The zero-order chi connectivity index (χ0) is 14.8. The molecular weight excluding hydrogens is 285 g/mol. The lowest BCUT2D eigenvalue weighted by molar-refractivity contribution is -0.146. The van der Waals surface area contributed by atoms with Crippen LogP contribution in [0.2, 0.25) is 0 Å². The van der Waals surface area contributed by atoms with Crippen LogP contribution in [0.1, 0.15) is 19.3 Å². The number of carbonyl (C=O) groups excluding carboxylic acids is 1. The van der Waals surface area contributed by atoms with E-state index in [1.54, 1.807) is 0 Å². The standard InChI is InChI=1S/C13H16FNO4S/c1-19-13(16)11-7-4-5-9-15(11)20(17,18)12-8-3-2-6-10(12)14/h2-3,6,8,11H,4-5,7,9H2,1H3/t11-/m1/s1. The van der Waals surface area contributed by atoms with Gasteiger partial charge in [-0.2, -0.15) is 4.31 Å². The van der Waals surface area contributed by atoms with Gasteiger partial charge in [0, 0.05) is 6.54 Å². The molecule has 0 N–H and O–H groups in total. The molecule has 1 aromatic carbocycles. The largest absolute Gasteiger partial charge is 0.468 e. The third kappa shape index (κ3) is 2.69. The van der Waals surface area contributed by atoms with E-state index in [2.05, 4.69) is 4.74 Å². The van der Waals surface area contributed by atoms with Crippen molar-refractivity contribution in [1.82, 2.24) is 4.31 Å². The Bertz CT molecular complexity index is 602. The third-order valence-electron chi connectivity index (χ3n) is 3.35. The molecule has 0 aromatic heterocycles. The molecule has 20 heavy (non-hydrogen) atoms. The van der Waals surface area contributed by atoms with E-state index in [1.807, 2.05) is 0 Å². The Hall–Kier alpha value is -1.47. The average molecular weight is 301 g/mol. The molecular formula is C13H16FNO4S. The SMILES string of the molecule is COC(=O)[C@H]1CCCCN1S(=O)(=O)c1ccccc1F. The number of rotatable bonds is 3. The fourth-order valence-corrected chi connectivity index (χ4v) is 4.06. The predicted molar refractivity (Wildman–Crippen MR) is 69.9 cm³/mol. The maximum Gasteiger partial charge on any atom is 0.324 e. The van der Waals surface area contributed by atoms with Crippen molar-refractivity contribution >= 4 is 16.0 Å². The Morgan fingerprint density at radius 2 is 2.05 bits per heavy atom. The van der Waals surface area contributed by atoms with Crippen LogP contribution in [0.4, 0.5) is 4.39 Å². The number of carbonyl (C=O) groups is 1. The highest BCUT2D eigenvalue weighted by molar-refractivity contribution is 7.89. The van der Waals surface area contributed by atoms with Crippen LogP contribution >= 0.6 is 0 Å². The second kappa shape index (κ2) is 5.88. The van der Waals surface area contributed by atoms with Crippen molar-refractivity contribution in [3.05, 3.63) is 30.1 Å². The summed E-state index contributed by atoms with van der Waals surface area (Å²) in [5.41, 5.74) is 0. The Labute approximate surface area is 117 Å². The first-order valence-electron chi connectivity index (χ1n) is 6.32. The molecule has 0 aliphatic carbocycles. The molecule has 110 valence electrons. The van der Waals surface area contributed by atoms with Gasteiger partial charge in [-0.25, -0.2) is 12.8 Å². The quantitative estimate of drug-likeness (QED) is 0.795. The monoisotopic (exact) mass is 301 g/mol. The smallest absolute Gasteiger partial charge is 0.324 e. The van der Waals surface area contributed by atoms with Gasteiger partial charge in [-0.05, 0) is 31.4 Å². The molecule has 0 saturated carbocycles. The lowest BCUT2D eigenvalue weighted by Crippen LogP contribution is -2.48. The van der Waals surface area contributed by atoms with Gasteiger partial charge >= 0.3 is 5.97 Å². The molecule has 5 nitrogen and oxygen atoms in total. The summed E-state index contributed by atoms with van der Waals surface area (Å²) in [5.74, 6) is -1.42. The van der Waals surface area contributed by atoms with Gasteiger partial charge in [0.2, 0.25) is 10.0 Å². The summed E-state index contributed by atoms with van der Waals surface area (Å²) >= 11 is 0. The van der Waals surface area contributed by atoms with Crippen LogP contribution in [0.5, 0.6) is 0 Å². The molecule has 0 radical (unpaired) electrons. The average Bonchev–Trinajstić information content (AvgIpc) is 2.46. The van der Waals surface area contributed by atoms with Gasteiger partial charge in [0.25, 0.3) is 0 Å². The van der Waals surface area contributed by atoms with Crippen LogP contribution in [0.25, 0.3) is 0 Å². The van der Waals surface area contributed by atoms with Gasteiger partial charge < -0.3 is 4.74 Å².